The van der Waals surface area contributed by atoms with Crippen LogP contribution in [0.2, 0.25) is 0 Å². The first-order chi connectivity index (χ1) is 8.80. The largest absolute Gasteiger partial charge is 0.317 e. The number of nitrogens with one attached hydrogen (secondary N) is 1. The van der Waals surface area contributed by atoms with E-state index in [1.807, 2.05) is 11.3 Å². The normalized spacial score (nSPS) is 32.0. The molecule has 1 aromatic rings. The number of hydrogen-bond donors (Lipinski definition) is 1. The number of hydrogen-bond acceptors (Lipinski definition) is 4. The van der Waals surface area contributed by atoms with Crippen molar-refractivity contribution in [1.29, 1.82) is 0 Å². The van der Waals surface area contributed by atoms with Crippen LogP contribution in [0.15, 0.2) is 6.20 Å². The average Bonchev–Trinajstić information content (AvgIpc) is 2.93. The zero-order valence-corrected chi connectivity index (χ0v) is 12.2. The molecule has 2 fully saturated rings. The van der Waals surface area contributed by atoms with Crippen LogP contribution >= 0.6 is 11.3 Å². The molecule has 2 saturated heterocycles. The molecule has 0 radical (unpaired) electrons. The zero-order valence-electron chi connectivity index (χ0n) is 11.4. The first-order valence-electron chi connectivity index (χ1n) is 7.16. The summed E-state index contributed by atoms with van der Waals surface area (Å²) >= 11 is 1.90. The third kappa shape index (κ3) is 2.33. The highest BCUT2D eigenvalue weighted by Crippen LogP contribution is 2.37. The van der Waals surface area contributed by atoms with Gasteiger partial charge in [-0.05, 0) is 39.2 Å². The summed E-state index contributed by atoms with van der Waals surface area (Å²) in [7, 11) is 2.11. The molecule has 4 heteroatoms. The van der Waals surface area contributed by atoms with Crippen LogP contribution in [0.4, 0.5) is 0 Å². The molecular formula is C14H23N3S. The van der Waals surface area contributed by atoms with Gasteiger partial charge < -0.3 is 5.32 Å². The van der Waals surface area contributed by atoms with Gasteiger partial charge in [0.2, 0.25) is 0 Å². The van der Waals surface area contributed by atoms with E-state index in [1.165, 1.54) is 35.6 Å². The van der Waals surface area contributed by atoms with Crippen LogP contribution in [-0.4, -0.2) is 35.1 Å². The molecule has 0 amide bonds. The molecule has 3 heterocycles. The van der Waals surface area contributed by atoms with Gasteiger partial charge in [0.05, 0.1) is 6.54 Å². The van der Waals surface area contributed by atoms with Gasteiger partial charge in [0.1, 0.15) is 5.01 Å². The van der Waals surface area contributed by atoms with Crippen molar-refractivity contribution in [2.24, 2.45) is 0 Å². The summed E-state index contributed by atoms with van der Waals surface area (Å²) in [6.45, 7) is 3.29. The number of piperidine rings is 1. The molecule has 0 saturated carbocycles. The van der Waals surface area contributed by atoms with Crippen LogP contribution in [0.1, 0.15) is 42.5 Å². The molecule has 2 atom stereocenters. The van der Waals surface area contributed by atoms with E-state index < -0.39 is 0 Å². The second-order valence-electron chi connectivity index (χ2n) is 5.59. The lowest BCUT2D eigenvalue weighted by atomic mass is 9.97. The van der Waals surface area contributed by atoms with Crippen molar-refractivity contribution >= 4 is 11.3 Å². The van der Waals surface area contributed by atoms with Gasteiger partial charge in [-0.15, -0.1) is 11.3 Å². The van der Waals surface area contributed by atoms with Crippen LogP contribution < -0.4 is 5.32 Å². The number of rotatable bonds is 4. The molecule has 1 N–H and O–H groups in total. The van der Waals surface area contributed by atoms with Crippen molar-refractivity contribution in [3.63, 3.8) is 0 Å². The van der Waals surface area contributed by atoms with E-state index in [-0.39, 0.29) is 0 Å². The number of aryl methyl sites for hydroxylation is 1. The summed E-state index contributed by atoms with van der Waals surface area (Å²) in [4.78, 5) is 8.71. The molecule has 2 aliphatic rings. The Morgan fingerprint density at radius 1 is 1.39 bits per heavy atom. The standard InChI is InChI=1S/C14H23N3S/c1-3-13-8-16-14(18-13)9-17-11-4-5-12(17)7-10(6-11)15-2/h8,10-12,15H,3-7,9H2,1-2H3. The maximum atomic E-state index is 4.58. The van der Waals surface area contributed by atoms with Crippen molar-refractivity contribution in [2.75, 3.05) is 7.05 Å². The molecule has 0 spiro atoms. The van der Waals surface area contributed by atoms with Gasteiger partial charge in [-0.25, -0.2) is 4.98 Å². The lowest BCUT2D eigenvalue weighted by Crippen LogP contribution is -2.47. The van der Waals surface area contributed by atoms with E-state index in [4.69, 9.17) is 0 Å². The van der Waals surface area contributed by atoms with Gasteiger partial charge in [0, 0.05) is 29.2 Å². The van der Waals surface area contributed by atoms with E-state index >= 15 is 0 Å². The first-order valence-corrected chi connectivity index (χ1v) is 7.98. The van der Waals surface area contributed by atoms with Crippen LogP contribution in [0.25, 0.3) is 0 Å². The topological polar surface area (TPSA) is 28.2 Å². The molecule has 1 aromatic heterocycles. The molecule has 2 unspecified atom stereocenters. The van der Waals surface area contributed by atoms with Gasteiger partial charge in [-0.1, -0.05) is 6.92 Å². The second kappa shape index (κ2) is 5.27. The van der Waals surface area contributed by atoms with E-state index in [0.717, 1.165) is 31.1 Å². The summed E-state index contributed by atoms with van der Waals surface area (Å²) in [5.41, 5.74) is 0. The van der Waals surface area contributed by atoms with E-state index in [1.54, 1.807) is 0 Å². The molecule has 3 rings (SSSR count). The molecule has 3 nitrogen and oxygen atoms in total. The van der Waals surface area contributed by atoms with Gasteiger partial charge in [0.25, 0.3) is 0 Å². The van der Waals surface area contributed by atoms with Gasteiger partial charge in [0.15, 0.2) is 0 Å². The fourth-order valence-electron chi connectivity index (χ4n) is 3.51. The minimum atomic E-state index is 0.737. The molecule has 18 heavy (non-hydrogen) atoms. The number of aromatic nitrogens is 1. The Hall–Kier alpha value is -0.450. The zero-order chi connectivity index (χ0) is 12.5. The van der Waals surface area contributed by atoms with Crippen molar-refractivity contribution in [3.05, 3.63) is 16.1 Å². The molecule has 2 bridgehead atoms. The van der Waals surface area contributed by atoms with Gasteiger partial charge in [-0.2, -0.15) is 0 Å². The Balaban J connectivity index is 1.67. The monoisotopic (exact) mass is 265 g/mol. The molecule has 0 aliphatic carbocycles. The van der Waals surface area contributed by atoms with Crippen LogP contribution in [0.5, 0.6) is 0 Å². The minimum absolute atomic E-state index is 0.737. The fraction of sp³-hybridized carbons (Fsp3) is 0.786. The second-order valence-corrected chi connectivity index (χ2v) is 6.79. The Labute approximate surface area is 114 Å². The summed E-state index contributed by atoms with van der Waals surface area (Å²) in [5, 5.41) is 4.77. The average molecular weight is 265 g/mol. The maximum absolute atomic E-state index is 4.58. The molecule has 2 aliphatic heterocycles. The fourth-order valence-corrected chi connectivity index (χ4v) is 4.38. The number of fused-ring (bicyclic) bond motifs is 2. The van der Waals surface area contributed by atoms with Crippen molar-refractivity contribution in [2.45, 2.75) is 63.7 Å². The van der Waals surface area contributed by atoms with Gasteiger partial charge in [-0.3, -0.25) is 4.90 Å². The molecular weight excluding hydrogens is 242 g/mol. The summed E-state index contributed by atoms with van der Waals surface area (Å²) < 4.78 is 0. The predicted molar refractivity (Wildman–Crippen MR) is 75.9 cm³/mol. The maximum Gasteiger partial charge on any atom is 0.107 e. The quantitative estimate of drug-likeness (QED) is 0.906. The van der Waals surface area contributed by atoms with Gasteiger partial charge >= 0.3 is 0 Å². The van der Waals surface area contributed by atoms with E-state index in [0.29, 0.717) is 0 Å². The number of thiazole rings is 1. The van der Waals surface area contributed by atoms with E-state index in [2.05, 4.69) is 35.4 Å². The third-order valence-corrected chi connectivity index (χ3v) is 5.69. The lowest BCUT2D eigenvalue weighted by molar-refractivity contribution is 0.111. The van der Waals surface area contributed by atoms with Crippen LogP contribution in [-0.2, 0) is 13.0 Å². The van der Waals surface area contributed by atoms with E-state index in [9.17, 15) is 0 Å². The van der Waals surface area contributed by atoms with Crippen molar-refractivity contribution in [3.8, 4) is 0 Å². The lowest BCUT2D eigenvalue weighted by Gasteiger charge is -2.38. The van der Waals surface area contributed by atoms with Crippen molar-refractivity contribution < 1.29 is 0 Å². The molecule has 100 valence electrons. The Morgan fingerprint density at radius 2 is 2.11 bits per heavy atom. The van der Waals surface area contributed by atoms with Crippen LogP contribution in [0.3, 0.4) is 0 Å². The SMILES string of the molecule is CCc1cnc(CN2C3CCC2CC(NC)C3)s1. The highest BCUT2D eigenvalue weighted by atomic mass is 32.1. The Morgan fingerprint density at radius 3 is 2.67 bits per heavy atom. The summed E-state index contributed by atoms with van der Waals surface area (Å²) in [6.07, 6.45) is 8.58. The highest BCUT2D eigenvalue weighted by Gasteiger charge is 2.40. The third-order valence-electron chi connectivity index (χ3n) is 4.56. The summed E-state index contributed by atoms with van der Waals surface area (Å²) in [6, 6.07) is 2.31. The molecule has 0 aromatic carbocycles. The highest BCUT2D eigenvalue weighted by molar-refractivity contribution is 7.11. The Kier molecular flexibility index (Phi) is 3.68. The predicted octanol–water partition coefficient (Wildman–Crippen LogP) is 2.42. The van der Waals surface area contributed by atoms with Crippen LogP contribution in [0, 0.1) is 0 Å². The summed E-state index contributed by atoms with van der Waals surface area (Å²) in [5.74, 6) is 0. The smallest absolute Gasteiger partial charge is 0.107 e. The number of nitrogens with zero attached hydrogens (tertiary/aromatic N) is 2. The first kappa shape index (κ1) is 12.6. The van der Waals surface area contributed by atoms with Crippen molar-refractivity contribution in [1.82, 2.24) is 15.2 Å². The Bertz CT molecular complexity index is 389. The minimum Gasteiger partial charge on any atom is -0.317 e.